The maximum Gasteiger partial charge on any atom is 0.243 e. The fourth-order valence-corrected chi connectivity index (χ4v) is 6.11. The van der Waals surface area contributed by atoms with Gasteiger partial charge in [0.25, 0.3) is 0 Å². The van der Waals surface area contributed by atoms with Gasteiger partial charge >= 0.3 is 0 Å². The predicted octanol–water partition coefficient (Wildman–Crippen LogP) is 5.05. The molecule has 1 heterocycles. The Labute approximate surface area is 292 Å². The number of carbonyl (C=O) groups excluding carboxylic acids is 2. The first-order chi connectivity index (χ1) is 24.2. The fourth-order valence-electron chi connectivity index (χ4n) is 6.11. The Morgan fingerprint density at radius 2 is 1.62 bits per heavy atom. The van der Waals surface area contributed by atoms with Crippen molar-refractivity contribution in [3.63, 3.8) is 0 Å². The van der Waals surface area contributed by atoms with Crippen LogP contribution in [0, 0.1) is 0 Å². The Kier molecular flexibility index (Phi) is 13.1. The number of phenols is 1. The molecule has 1 aliphatic heterocycles. The predicted molar refractivity (Wildman–Crippen MR) is 186 cm³/mol. The van der Waals surface area contributed by atoms with E-state index in [0.29, 0.717) is 38.0 Å². The maximum atomic E-state index is 12.4. The van der Waals surface area contributed by atoms with Gasteiger partial charge in [-0.25, -0.2) is 5.48 Å². The molecule has 0 radical (unpaired) electrons. The average molecular weight is 684 g/mol. The normalized spacial score (nSPS) is 18.1. The van der Waals surface area contributed by atoms with E-state index in [9.17, 15) is 24.9 Å². The second-order valence-corrected chi connectivity index (χ2v) is 12.6. The number of hydrogen-bond acceptors (Lipinski definition) is 9. The van der Waals surface area contributed by atoms with Crippen molar-refractivity contribution in [2.45, 2.75) is 63.4 Å². The molecule has 50 heavy (non-hydrogen) atoms. The van der Waals surface area contributed by atoms with E-state index < -0.39 is 18.3 Å². The molecule has 0 bridgehead atoms. The summed E-state index contributed by atoms with van der Waals surface area (Å²) in [5, 5.41) is 41.8. The minimum atomic E-state index is -0.784. The van der Waals surface area contributed by atoms with Gasteiger partial charge < -0.3 is 35.0 Å². The molecule has 0 unspecified atom stereocenters. The number of phenolic OH excluding ortho intramolecular Hbond substituents is 1. The summed E-state index contributed by atoms with van der Waals surface area (Å²) in [6.45, 7) is 1.16. The zero-order valence-electron chi connectivity index (χ0n) is 28.1. The molecule has 6 N–H and O–H groups in total. The third-order valence-electron chi connectivity index (χ3n) is 8.79. The maximum absolute atomic E-state index is 12.4. The zero-order chi connectivity index (χ0) is 35.5. The third kappa shape index (κ3) is 10.2. The summed E-state index contributed by atoms with van der Waals surface area (Å²) in [7, 11) is 1.93. The molecule has 1 fully saturated rings. The smallest absolute Gasteiger partial charge is 0.243 e. The molecule has 264 valence electrons. The van der Waals surface area contributed by atoms with Crippen LogP contribution in [0.25, 0.3) is 11.1 Å². The topological polar surface area (TPSA) is 161 Å². The van der Waals surface area contributed by atoms with Gasteiger partial charge in [0.1, 0.15) is 5.75 Å². The highest BCUT2D eigenvalue weighted by atomic mass is 16.7. The molecule has 4 aromatic rings. The second-order valence-electron chi connectivity index (χ2n) is 12.6. The number of aliphatic hydroxyl groups excluding tert-OH is 2. The fraction of sp³-hybridized carbons (Fsp3) is 0.333. The van der Waals surface area contributed by atoms with Gasteiger partial charge in [0.15, 0.2) is 6.29 Å². The largest absolute Gasteiger partial charge is 0.508 e. The van der Waals surface area contributed by atoms with Gasteiger partial charge in [-0.1, -0.05) is 84.9 Å². The van der Waals surface area contributed by atoms with Crippen LogP contribution in [0.15, 0.2) is 97.1 Å². The van der Waals surface area contributed by atoms with Crippen LogP contribution in [0.3, 0.4) is 0 Å². The number of benzene rings is 4. The molecule has 0 spiro atoms. The lowest BCUT2D eigenvalue weighted by atomic mass is 9.97. The number of hydrogen-bond donors (Lipinski definition) is 6. The van der Waals surface area contributed by atoms with Crippen LogP contribution >= 0.6 is 0 Å². The number of aliphatic hydroxyl groups is 2. The van der Waals surface area contributed by atoms with Gasteiger partial charge in [0.05, 0.1) is 24.9 Å². The minimum absolute atomic E-state index is 0.0418. The van der Waals surface area contributed by atoms with Crippen molar-refractivity contribution in [1.29, 1.82) is 0 Å². The molecule has 4 atom stereocenters. The van der Waals surface area contributed by atoms with Crippen LogP contribution in [0.4, 0.5) is 0 Å². The number of hydroxylamine groups is 1. The first-order valence-corrected chi connectivity index (χ1v) is 16.8. The number of amides is 2. The number of aromatic hydroxyl groups is 1. The molecule has 0 aromatic heterocycles. The van der Waals surface area contributed by atoms with Crippen LogP contribution in [-0.4, -0.2) is 63.5 Å². The van der Waals surface area contributed by atoms with Gasteiger partial charge in [-0.15, -0.1) is 0 Å². The van der Waals surface area contributed by atoms with Gasteiger partial charge in [0, 0.05) is 44.5 Å². The third-order valence-corrected chi connectivity index (χ3v) is 8.79. The molecule has 0 saturated carbocycles. The quantitative estimate of drug-likeness (QED) is 0.0744. The number of rotatable bonds is 15. The van der Waals surface area contributed by atoms with Crippen molar-refractivity contribution in [3.05, 3.63) is 125 Å². The van der Waals surface area contributed by atoms with Crippen molar-refractivity contribution >= 4 is 11.8 Å². The lowest BCUT2D eigenvalue weighted by Gasteiger charge is -2.38. The summed E-state index contributed by atoms with van der Waals surface area (Å²) >= 11 is 0. The molecule has 1 saturated heterocycles. The zero-order valence-corrected chi connectivity index (χ0v) is 28.1. The summed E-state index contributed by atoms with van der Waals surface area (Å²) in [5.74, 6) is -0.593. The SMILES string of the molecule is CN(C[C@H]1C[C@@H](c2ccc(CO)cc2)O[C@@H](c2ccc(-c3ccccc3CNC(=O)CCCC(=O)NO)cc2)O1)C[C@@H](O)c1cccc(O)c1. The number of carbonyl (C=O) groups is 2. The molecule has 11 nitrogen and oxygen atoms in total. The van der Waals surface area contributed by atoms with E-state index in [0.717, 1.165) is 33.4 Å². The van der Waals surface area contributed by atoms with Crippen molar-refractivity contribution < 1.29 is 39.6 Å². The lowest BCUT2D eigenvalue weighted by Crippen LogP contribution is -2.39. The number of ether oxygens (including phenoxy) is 2. The highest BCUT2D eigenvalue weighted by Gasteiger charge is 2.33. The summed E-state index contributed by atoms with van der Waals surface area (Å²) < 4.78 is 13.1. The molecule has 11 heteroatoms. The Morgan fingerprint density at radius 3 is 2.34 bits per heavy atom. The standard InChI is InChI=1S/C39H45N3O8/c1-42(24-35(45)30-7-4-8-32(44)20-30)23-33-21-36(28-14-12-26(25-43)13-15-28)50-39(49-33)29-18-16-27(17-19-29)34-9-3-2-6-31(34)22-40-37(46)10-5-11-38(47)41-48/h2-4,6-9,12-20,33,35-36,39,43-45,48H,5,10-11,21-25H2,1H3,(H,40,46)(H,41,47)/t33-,35-,36+,39+/m1/s1. The van der Waals surface area contributed by atoms with E-state index in [-0.39, 0.29) is 43.3 Å². The number of likely N-dealkylation sites (N-methyl/N-ethyl adjacent to an activating group) is 1. The van der Waals surface area contributed by atoms with Crippen molar-refractivity contribution in [2.24, 2.45) is 0 Å². The van der Waals surface area contributed by atoms with Crippen LogP contribution in [0.1, 0.15) is 72.0 Å². The number of nitrogens with one attached hydrogen (secondary N) is 2. The van der Waals surface area contributed by atoms with E-state index in [2.05, 4.69) is 5.32 Å². The second kappa shape index (κ2) is 17.9. The molecular weight excluding hydrogens is 638 g/mol. The van der Waals surface area contributed by atoms with Gasteiger partial charge in [-0.3, -0.25) is 14.8 Å². The highest BCUT2D eigenvalue weighted by molar-refractivity contribution is 5.78. The van der Waals surface area contributed by atoms with Crippen LogP contribution in [0.2, 0.25) is 0 Å². The first kappa shape index (κ1) is 36.7. The monoisotopic (exact) mass is 683 g/mol. The van der Waals surface area contributed by atoms with Gasteiger partial charge in [-0.05, 0) is 59.0 Å². The van der Waals surface area contributed by atoms with Crippen molar-refractivity contribution in [3.8, 4) is 16.9 Å². The Bertz CT molecular complexity index is 1700. The van der Waals surface area contributed by atoms with Crippen molar-refractivity contribution in [2.75, 3.05) is 20.1 Å². The summed E-state index contributed by atoms with van der Waals surface area (Å²) in [4.78, 5) is 25.6. The summed E-state index contributed by atoms with van der Waals surface area (Å²) in [6, 6.07) is 30.1. The molecular formula is C39H45N3O8. The molecule has 2 amide bonds. The molecule has 0 aliphatic carbocycles. The van der Waals surface area contributed by atoms with E-state index in [1.165, 1.54) is 0 Å². The van der Waals surface area contributed by atoms with E-state index in [4.69, 9.17) is 14.7 Å². The summed E-state index contributed by atoms with van der Waals surface area (Å²) in [6.07, 6.45) is -0.762. The average Bonchev–Trinajstić information content (AvgIpc) is 3.14. The summed E-state index contributed by atoms with van der Waals surface area (Å²) in [5.41, 5.74) is 7.72. The van der Waals surface area contributed by atoms with Crippen LogP contribution in [-0.2, 0) is 32.2 Å². The Balaban J connectivity index is 1.28. The van der Waals surface area contributed by atoms with Gasteiger partial charge in [0.2, 0.25) is 11.8 Å². The van der Waals surface area contributed by atoms with E-state index in [1.54, 1.807) is 29.7 Å². The van der Waals surface area contributed by atoms with E-state index >= 15 is 0 Å². The molecule has 4 aromatic carbocycles. The van der Waals surface area contributed by atoms with Crippen LogP contribution < -0.4 is 10.8 Å². The van der Waals surface area contributed by atoms with E-state index in [1.807, 2.05) is 84.7 Å². The van der Waals surface area contributed by atoms with Crippen molar-refractivity contribution in [1.82, 2.24) is 15.7 Å². The first-order valence-electron chi connectivity index (χ1n) is 16.8. The Hall–Kier alpha value is -4.62. The Morgan fingerprint density at radius 1 is 0.900 bits per heavy atom. The minimum Gasteiger partial charge on any atom is -0.508 e. The van der Waals surface area contributed by atoms with Gasteiger partial charge in [-0.2, -0.15) is 0 Å². The highest BCUT2D eigenvalue weighted by Crippen LogP contribution is 2.39. The number of nitrogens with zero attached hydrogens (tertiary/aromatic N) is 1. The molecule has 5 rings (SSSR count). The lowest BCUT2D eigenvalue weighted by molar-refractivity contribution is -0.252. The molecule has 1 aliphatic rings. The van der Waals surface area contributed by atoms with Crippen LogP contribution in [0.5, 0.6) is 5.75 Å².